The molecule has 0 saturated carbocycles. The molecule has 0 fully saturated rings. The van der Waals surface area contributed by atoms with Crippen LogP contribution in [0.5, 0.6) is 0 Å². The number of nitrogens with one attached hydrogen (secondary N) is 1. The summed E-state index contributed by atoms with van der Waals surface area (Å²) in [5.41, 5.74) is 3.63. The first-order valence-corrected chi connectivity index (χ1v) is 6.81. The molecule has 0 saturated heterocycles. The smallest absolute Gasteiger partial charge is 0.200 e. The molecule has 1 aromatic carbocycles. The van der Waals surface area contributed by atoms with Gasteiger partial charge in [-0.15, -0.1) is 0 Å². The van der Waals surface area contributed by atoms with Crippen LogP contribution in [0.3, 0.4) is 0 Å². The first kappa shape index (κ1) is 14.0. The number of rotatable bonds is 4. The molecule has 3 rings (SSSR count). The van der Waals surface area contributed by atoms with Gasteiger partial charge in [0.05, 0.1) is 11.3 Å². The maximum absolute atomic E-state index is 12.7. The first-order chi connectivity index (χ1) is 10.6. The van der Waals surface area contributed by atoms with Gasteiger partial charge in [0.15, 0.2) is 12.1 Å². The number of ketones is 1. The summed E-state index contributed by atoms with van der Waals surface area (Å²) >= 11 is 0. The molecule has 110 valence electrons. The van der Waals surface area contributed by atoms with Gasteiger partial charge in [-0.05, 0) is 19.9 Å². The minimum atomic E-state index is -0.223. The molecule has 2 aromatic heterocycles. The van der Waals surface area contributed by atoms with Crippen LogP contribution in [0.15, 0.2) is 41.1 Å². The van der Waals surface area contributed by atoms with E-state index in [-0.39, 0.29) is 5.78 Å². The highest BCUT2D eigenvalue weighted by Crippen LogP contribution is 2.27. The van der Waals surface area contributed by atoms with Gasteiger partial charge < -0.3 is 9.51 Å². The molecule has 1 N–H and O–H groups in total. The Balaban J connectivity index is 2.07. The van der Waals surface area contributed by atoms with E-state index in [0.717, 1.165) is 11.1 Å². The van der Waals surface area contributed by atoms with Crippen LogP contribution in [-0.4, -0.2) is 22.2 Å². The Morgan fingerprint density at radius 3 is 2.59 bits per heavy atom. The van der Waals surface area contributed by atoms with Crippen LogP contribution in [0.25, 0.3) is 11.3 Å². The summed E-state index contributed by atoms with van der Waals surface area (Å²) in [6.07, 6.45) is 2.18. The lowest BCUT2D eigenvalue weighted by Gasteiger charge is -2.01. The van der Waals surface area contributed by atoms with E-state index in [2.05, 4.69) is 10.1 Å². The van der Waals surface area contributed by atoms with Crippen molar-refractivity contribution in [2.24, 2.45) is 0 Å². The van der Waals surface area contributed by atoms with E-state index in [1.54, 1.807) is 6.92 Å². The number of carbonyl (C=O) groups is 2. The molecule has 0 aliphatic rings. The Kier molecular flexibility index (Phi) is 3.47. The first-order valence-electron chi connectivity index (χ1n) is 6.81. The van der Waals surface area contributed by atoms with Gasteiger partial charge in [-0.2, -0.15) is 0 Å². The maximum Gasteiger partial charge on any atom is 0.200 e. The summed E-state index contributed by atoms with van der Waals surface area (Å²) in [6.45, 7) is 3.69. The normalized spacial score (nSPS) is 10.6. The lowest BCUT2D eigenvalue weighted by Crippen LogP contribution is -2.02. The highest BCUT2D eigenvalue weighted by Gasteiger charge is 2.23. The molecule has 5 nitrogen and oxygen atoms in total. The molecule has 0 atom stereocenters. The average Bonchev–Trinajstić information content (AvgIpc) is 3.14. The predicted octanol–water partition coefficient (Wildman–Crippen LogP) is 3.33. The van der Waals surface area contributed by atoms with E-state index >= 15 is 0 Å². The van der Waals surface area contributed by atoms with E-state index in [9.17, 15) is 9.59 Å². The van der Waals surface area contributed by atoms with E-state index in [0.29, 0.717) is 34.6 Å². The molecule has 22 heavy (non-hydrogen) atoms. The Morgan fingerprint density at radius 1 is 1.23 bits per heavy atom. The molecule has 2 heterocycles. The van der Waals surface area contributed by atoms with Crippen molar-refractivity contribution in [3.8, 4) is 11.3 Å². The summed E-state index contributed by atoms with van der Waals surface area (Å²) in [6, 6.07) is 9.22. The van der Waals surface area contributed by atoms with Crippen LogP contribution < -0.4 is 0 Å². The fourth-order valence-corrected chi connectivity index (χ4v) is 2.30. The van der Waals surface area contributed by atoms with Crippen molar-refractivity contribution in [3.63, 3.8) is 0 Å². The molecule has 5 heteroatoms. The zero-order valence-electron chi connectivity index (χ0n) is 12.2. The van der Waals surface area contributed by atoms with Crippen LogP contribution in [0.1, 0.15) is 37.7 Å². The minimum Gasteiger partial charge on any atom is -0.360 e. The van der Waals surface area contributed by atoms with Gasteiger partial charge in [-0.3, -0.25) is 9.59 Å². The average molecular weight is 294 g/mol. The third-order valence-corrected chi connectivity index (χ3v) is 3.51. The molecule has 0 aliphatic heterocycles. The van der Waals surface area contributed by atoms with Gasteiger partial charge in [0, 0.05) is 17.3 Å². The molecule has 3 aromatic rings. The summed E-state index contributed by atoms with van der Waals surface area (Å²) in [7, 11) is 0. The largest absolute Gasteiger partial charge is 0.360 e. The fraction of sp³-hybridized carbons (Fsp3) is 0.118. The molecule has 0 spiro atoms. The van der Waals surface area contributed by atoms with Crippen molar-refractivity contribution in [1.29, 1.82) is 0 Å². The van der Waals surface area contributed by atoms with Crippen LogP contribution in [0.4, 0.5) is 0 Å². The van der Waals surface area contributed by atoms with Crippen molar-refractivity contribution in [1.82, 2.24) is 10.1 Å². The van der Waals surface area contributed by atoms with Crippen molar-refractivity contribution in [2.75, 3.05) is 0 Å². The van der Waals surface area contributed by atoms with Crippen molar-refractivity contribution in [2.45, 2.75) is 13.8 Å². The lowest BCUT2D eigenvalue weighted by atomic mass is 9.99. The Bertz CT molecular complexity index is 841. The second-order valence-corrected chi connectivity index (χ2v) is 5.12. The van der Waals surface area contributed by atoms with Crippen LogP contribution >= 0.6 is 0 Å². The molecule has 0 aliphatic carbocycles. The fourth-order valence-electron chi connectivity index (χ4n) is 2.30. The number of aryl methyl sites for hydroxylation is 2. The topological polar surface area (TPSA) is 76.0 Å². The summed E-state index contributed by atoms with van der Waals surface area (Å²) < 4.78 is 5.21. The standard InChI is InChI=1S/C17H14N2O3/c1-10-3-5-12(6-4-10)16-15(11(2)22-19-16)17(21)13-7-14(9-20)18-8-13/h3-9,18H,1-2H3. The van der Waals surface area contributed by atoms with Crippen molar-refractivity contribution < 1.29 is 14.1 Å². The number of H-pyrrole nitrogens is 1. The Morgan fingerprint density at radius 2 is 1.95 bits per heavy atom. The summed E-state index contributed by atoms with van der Waals surface area (Å²) in [4.78, 5) is 26.2. The summed E-state index contributed by atoms with van der Waals surface area (Å²) in [5, 5.41) is 4.01. The number of aromatic nitrogens is 2. The second-order valence-electron chi connectivity index (χ2n) is 5.12. The Hall–Kier alpha value is -2.95. The molecular weight excluding hydrogens is 280 g/mol. The van der Waals surface area contributed by atoms with Crippen molar-refractivity contribution in [3.05, 3.63) is 64.7 Å². The van der Waals surface area contributed by atoms with E-state index < -0.39 is 0 Å². The highest BCUT2D eigenvalue weighted by atomic mass is 16.5. The zero-order chi connectivity index (χ0) is 15.7. The third kappa shape index (κ3) is 2.37. The van der Waals surface area contributed by atoms with Gasteiger partial charge >= 0.3 is 0 Å². The van der Waals surface area contributed by atoms with E-state index in [1.165, 1.54) is 12.3 Å². The van der Waals surface area contributed by atoms with Crippen LogP contribution in [0, 0.1) is 13.8 Å². The van der Waals surface area contributed by atoms with E-state index in [4.69, 9.17) is 4.52 Å². The molecule has 0 bridgehead atoms. The number of aldehydes is 1. The van der Waals surface area contributed by atoms with Gasteiger partial charge in [-0.25, -0.2) is 0 Å². The molecular formula is C17H14N2O3. The van der Waals surface area contributed by atoms with E-state index in [1.807, 2.05) is 31.2 Å². The Labute approximate surface area is 127 Å². The van der Waals surface area contributed by atoms with Crippen LogP contribution in [0.2, 0.25) is 0 Å². The third-order valence-electron chi connectivity index (χ3n) is 3.51. The number of hydrogen-bond donors (Lipinski definition) is 1. The number of benzene rings is 1. The molecule has 0 radical (unpaired) electrons. The van der Waals surface area contributed by atoms with Gasteiger partial charge in [-0.1, -0.05) is 35.0 Å². The lowest BCUT2D eigenvalue weighted by molar-refractivity contribution is 0.103. The number of aromatic amines is 1. The van der Waals surface area contributed by atoms with Crippen LogP contribution in [-0.2, 0) is 0 Å². The van der Waals surface area contributed by atoms with Gasteiger partial charge in [0.1, 0.15) is 11.5 Å². The minimum absolute atomic E-state index is 0.223. The number of carbonyl (C=O) groups excluding carboxylic acids is 2. The van der Waals surface area contributed by atoms with Crippen molar-refractivity contribution >= 4 is 12.1 Å². The predicted molar refractivity (Wildman–Crippen MR) is 81.0 cm³/mol. The molecule has 0 unspecified atom stereocenters. The summed E-state index contributed by atoms with van der Waals surface area (Å²) in [5.74, 6) is 0.230. The van der Waals surface area contributed by atoms with Gasteiger partial charge in [0.25, 0.3) is 0 Å². The second kappa shape index (κ2) is 5.44. The quantitative estimate of drug-likeness (QED) is 0.591. The SMILES string of the molecule is Cc1ccc(-c2noc(C)c2C(=O)c2c[nH]c(C=O)c2)cc1. The van der Waals surface area contributed by atoms with Gasteiger partial charge in [0.2, 0.25) is 0 Å². The maximum atomic E-state index is 12.7. The molecule has 0 amide bonds. The number of nitrogens with zero attached hydrogens (tertiary/aromatic N) is 1. The number of hydrogen-bond acceptors (Lipinski definition) is 4. The zero-order valence-corrected chi connectivity index (χ0v) is 12.2. The highest BCUT2D eigenvalue weighted by molar-refractivity contribution is 6.13. The monoisotopic (exact) mass is 294 g/mol.